The maximum Gasteiger partial charge on any atom is 0.126 e. The molecule has 0 spiro atoms. The van der Waals surface area contributed by atoms with Crippen molar-refractivity contribution in [3.8, 4) is 0 Å². The molecule has 1 N–H and O–H groups in total. The molecule has 0 bridgehead atoms. The third kappa shape index (κ3) is 3.83. The SMILES string of the molecule is CCCC1CN(C(C)c2ccc(C)c(F)c2)C(CC)CN1. The zero-order valence-corrected chi connectivity index (χ0v) is 13.8. The van der Waals surface area contributed by atoms with E-state index in [2.05, 4.69) is 37.1 Å². The second-order valence-electron chi connectivity index (χ2n) is 6.34. The number of piperazine rings is 1. The van der Waals surface area contributed by atoms with Crippen molar-refractivity contribution in [2.24, 2.45) is 0 Å². The summed E-state index contributed by atoms with van der Waals surface area (Å²) < 4.78 is 13.9. The van der Waals surface area contributed by atoms with Crippen molar-refractivity contribution in [3.05, 3.63) is 35.1 Å². The fourth-order valence-corrected chi connectivity index (χ4v) is 3.34. The van der Waals surface area contributed by atoms with E-state index in [-0.39, 0.29) is 11.9 Å². The fraction of sp³-hybridized carbons (Fsp3) is 0.667. The standard InChI is InChI=1S/C18H29FN2/c1-5-7-16-12-21(17(6-2)11-20-16)14(4)15-9-8-13(3)18(19)10-15/h8-10,14,16-17,20H,5-7,11-12H2,1-4H3. The lowest BCUT2D eigenvalue weighted by Crippen LogP contribution is -2.56. The lowest BCUT2D eigenvalue weighted by Gasteiger charge is -2.43. The van der Waals surface area contributed by atoms with Gasteiger partial charge in [-0.15, -0.1) is 0 Å². The third-order valence-electron chi connectivity index (χ3n) is 4.83. The van der Waals surface area contributed by atoms with E-state index in [1.54, 1.807) is 6.07 Å². The Morgan fingerprint density at radius 1 is 1.38 bits per heavy atom. The molecule has 3 heteroatoms. The van der Waals surface area contributed by atoms with Crippen LogP contribution in [0.5, 0.6) is 0 Å². The Labute approximate surface area is 128 Å². The van der Waals surface area contributed by atoms with Gasteiger partial charge in [-0.2, -0.15) is 0 Å². The van der Waals surface area contributed by atoms with Gasteiger partial charge in [-0.25, -0.2) is 4.39 Å². The first-order valence-electron chi connectivity index (χ1n) is 8.32. The minimum absolute atomic E-state index is 0.0901. The molecule has 3 unspecified atom stereocenters. The number of nitrogens with one attached hydrogen (secondary N) is 1. The van der Waals surface area contributed by atoms with Crippen molar-refractivity contribution in [1.29, 1.82) is 0 Å². The first kappa shape index (κ1) is 16.4. The highest BCUT2D eigenvalue weighted by Gasteiger charge is 2.30. The van der Waals surface area contributed by atoms with Crippen LogP contribution >= 0.6 is 0 Å². The van der Waals surface area contributed by atoms with Crippen LogP contribution in [0.15, 0.2) is 18.2 Å². The van der Waals surface area contributed by atoms with Crippen LogP contribution in [0.25, 0.3) is 0 Å². The van der Waals surface area contributed by atoms with Gasteiger partial charge in [-0.1, -0.05) is 32.4 Å². The molecule has 3 atom stereocenters. The summed E-state index contributed by atoms with van der Waals surface area (Å²) in [4.78, 5) is 2.56. The van der Waals surface area contributed by atoms with Gasteiger partial charge in [0.05, 0.1) is 0 Å². The lowest BCUT2D eigenvalue weighted by atomic mass is 9.97. The Kier molecular flexibility index (Phi) is 5.77. The molecule has 0 aromatic heterocycles. The summed E-state index contributed by atoms with van der Waals surface area (Å²) in [6, 6.07) is 7.06. The van der Waals surface area contributed by atoms with Gasteiger partial charge in [0.1, 0.15) is 5.82 Å². The minimum Gasteiger partial charge on any atom is -0.311 e. The predicted octanol–water partition coefficient (Wildman–Crippen LogP) is 4.05. The molecule has 1 aromatic rings. The molecular weight excluding hydrogens is 263 g/mol. The second kappa shape index (κ2) is 7.37. The van der Waals surface area contributed by atoms with Crippen molar-refractivity contribution >= 4 is 0 Å². The van der Waals surface area contributed by atoms with Crippen molar-refractivity contribution in [2.75, 3.05) is 13.1 Å². The van der Waals surface area contributed by atoms with E-state index in [1.165, 1.54) is 12.8 Å². The van der Waals surface area contributed by atoms with Gasteiger partial charge in [0, 0.05) is 31.2 Å². The first-order valence-corrected chi connectivity index (χ1v) is 8.32. The molecule has 0 amide bonds. The molecular formula is C18H29FN2. The molecule has 0 saturated carbocycles. The number of aryl methyl sites for hydroxylation is 1. The van der Waals surface area contributed by atoms with Crippen LogP contribution in [0, 0.1) is 12.7 Å². The monoisotopic (exact) mass is 292 g/mol. The fourth-order valence-electron chi connectivity index (χ4n) is 3.34. The van der Waals surface area contributed by atoms with Crippen molar-refractivity contribution in [1.82, 2.24) is 10.2 Å². The second-order valence-corrected chi connectivity index (χ2v) is 6.34. The summed E-state index contributed by atoms with van der Waals surface area (Å²) in [5, 5.41) is 3.66. The van der Waals surface area contributed by atoms with E-state index in [4.69, 9.17) is 0 Å². The molecule has 1 saturated heterocycles. The van der Waals surface area contributed by atoms with Gasteiger partial charge in [0.15, 0.2) is 0 Å². The molecule has 2 rings (SSSR count). The normalized spacial score (nSPS) is 25.0. The van der Waals surface area contributed by atoms with Crippen molar-refractivity contribution in [3.63, 3.8) is 0 Å². The highest BCUT2D eigenvalue weighted by atomic mass is 19.1. The Morgan fingerprint density at radius 3 is 2.76 bits per heavy atom. The number of benzene rings is 1. The molecule has 118 valence electrons. The smallest absolute Gasteiger partial charge is 0.126 e. The summed E-state index contributed by atoms with van der Waals surface area (Å²) >= 11 is 0. The van der Waals surface area contributed by atoms with Gasteiger partial charge in [-0.05, 0) is 43.9 Å². The highest BCUT2D eigenvalue weighted by molar-refractivity contribution is 5.25. The van der Waals surface area contributed by atoms with Crippen LogP contribution in [-0.4, -0.2) is 30.1 Å². The van der Waals surface area contributed by atoms with Crippen LogP contribution in [0.3, 0.4) is 0 Å². The van der Waals surface area contributed by atoms with Gasteiger partial charge in [0.2, 0.25) is 0 Å². The maximum atomic E-state index is 13.9. The van der Waals surface area contributed by atoms with Crippen LogP contribution in [0.4, 0.5) is 4.39 Å². The molecule has 2 nitrogen and oxygen atoms in total. The zero-order chi connectivity index (χ0) is 15.4. The highest BCUT2D eigenvalue weighted by Crippen LogP contribution is 2.27. The average Bonchev–Trinajstić information content (AvgIpc) is 2.49. The summed E-state index contributed by atoms with van der Waals surface area (Å²) in [6.07, 6.45) is 3.54. The van der Waals surface area contributed by atoms with Crippen molar-refractivity contribution in [2.45, 2.75) is 65.1 Å². The number of nitrogens with zero attached hydrogens (tertiary/aromatic N) is 1. The van der Waals surface area contributed by atoms with Crippen molar-refractivity contribution < 1.29 is 4.39 Å². The van der Waals surface area contributed by atoms with Crippen LogP contribution in [-0.2, 0) is 0 Å². The number of rotatable bonds is 5. The maximum absolute atomic E-state index is 13.9. The van der Waals surface area contributed by atoms with E-state index in [0.29, 0.717) is 12.1 Å². The molecule has 0 aliphatic carbocycles. The quantitative estimate of drug-likeness (QED) is 0.881. The Bertz CT molecular complexity index is 461. The van der Waals surface area contributed by atoms with E-state index in [9.17, 15) is 4.39 Å². The van der Waals surface area contributed by atoms with Gasteiger partial charge in [0.25, 0.3) is 0 Å². The largest absolute Gasteiger partial charge is 0.311 e. The summed E-state index contributed by atoms with van der Waals surface area (Å²) in [6.45, 7) is 10.6. The van der Waals surface area contributed by atoms with Crippen LogP contribution in [0.1, 0.15) is 57.2 Å². The third-order valence-corrected chi connectivity index (χ3v) is 4.83. The summed E-state index contributed by atoms with van der Waals surface area (Å²) in [7, 11) is 0. The molecule has 1 heterocycles. The molecule has 1 aliphatic rings. The topological polar surface area (TPSA) is 15.3 Å². The molecule has 1 aromatic carbocycles. The number of hydrogen-bond donors (Lipinski definition) is 1. The average molecular weight is 292 g/mol. The van der Waals surface area contributed by atoms with E-state index in [1.807, 2.05) is 13.0 Å². The van der Waals surface area contributed by atoms with Crippen LogP contribution < -0.4 is 5.32 Å². The van der Waals surface area contributed by atoms with Gasteiger partial charge >= 0.3 is 0 Å². The minimum atomic E-state index is -0.0901. The van der Waals surface area contributed by atoms with E-state index >= 15 is 0 Å². The molecule has 1 aliphatic heterocycles. The van der Waals surface area contributed by atoms with E-state index < -0.39 is 0 Å². The predicted molar refractivity (Wildman–Crippen MR) is 87.0 cm³/mol. The number of halogens is 1. The van der Waals surface area contributed by atoms with Crippen LogP contribution in [0.2, 0.25) is 0 Å². The Balaban J connectivity index is 2.16. The van der Waals surface area contributed by atoms with Gasteiger partial charge in [-0.3, -0.25) is 4.90 Å². The molecule has 0 radical (unpaired) electrons. The summed E-state index contributed by atoms with van der Waals surface area (Å²) in [5.41, 5.74) is 1.82. The Morgan fingerprint density at radius 2 is 2.14 bits per heavy atom. The molecule has 21 heavy (non-hydrogen) atoms. The molecule has 1 fully saturated rings. The zero-order valence-electron chi connectivity index (χ0n) is 13.8. The first-order chi connectivity index (χ1) is 10.1. The Hall–Kier alpha value is -0.930. The van der Waals surface area contributed by atoms with Gasteiger partial charge < -0.3 is 5.32 Å². The summed E-state index contributed by atoms with van der Waals surface area (Å²) in [5.74, 6) is -0.0901. The van der Waals surface area contributed by atoms with E-state index in [0.717, 1.165) is 30.6 Å². The lowest BCUT2D eigenvalue weighted by molar-refractivity contribution is 0.0834. The number of hydrogen-bond acceptors (Lipinski definition) is 2.